The second-order valence-electron chi connectivity index (χ2n) is 13.1. The summed E-state index contributed by atoms with van der Waals surface area (Å²) in [6, 6.07) is 57.3. The summed E-state index contributed by atoms with van der Waals surface area (Å²) >= 11 is -2.93. The zero-order valence-electron chi connectivity index (χ0n) is 27.3. The summed E-state index contributed by atoms with van der Waals surface area (Å²) in [5.41, 5.74) is 8.59. The molecule has 0 atom stereocenters. The number of rotatable bonds is 4. The van der Waals surface area contributed by atoms with E-state index in [9.17, 15) is 0 Å². The molecule has 0 N–H and O–H groups in total. The maximum atomic E-state index is 2.52. The van der Waals surface area contributed by atoms with Crippen molar-refractivity contribution in [3.8, 4) is 11.1 Å². The topological polar surface area (TPSA) is 0 Å². The number of hydrogen-bond donors (Lipinski definition) is 0. The Hall–Kier alpha value is -4.39. The molecule has 0 amide bonds. The summed E-state index contributed by atoms with van der Waals surface area (Å²) in [5.74, 6) is 0. The second kappa shape index (κ2) is 13.4. The molecule has 0 aliphatic heterocycles. The standard InChI is InChI=1S/C21H13.C21H14.C5H5.2ClH.Zr/c1-2-8-15-14(7-1)13-20-18-11-4-3-9-16(18)17-10-5-6-12-19(17)21(15)20;1-3-13-20-16(7-1)9-5-11-18(20)15-19-12-6-10-17-8-2-4-14-21(17)19;1-2-4-5-3-1;;;/h1-10,12H,13H2;1-14H;1-5H;2*1H;/q;;;;;+2/p-2. The molecule has 0 spiro atoms. The van der Waals surface area contributed by atoms with Crippen LogP contribution in [0.4, 0.5) is 0 Å². The Kier molecular flexibility index (Phi) is 8.78. The van der Waals surface area contributed by atoms with Gasteiger partial charge in [-0.25, -0.2) is 0 Å². The molecule has 0 radical (unpaired) electrons. The van der Waals surface area contributed by atoms with Gasteiger partial charge < -0.3 is 24.8 Å². The number of fused-ring (bicyclic) bond motifs is 10. The third kappa shape index (κ3) is 5.10. The molecule has 2 aliphatic carbocycles. The maximum Gasteiger partial charge on any atom is -1.00 e. The summed E-state index contributed by atoms with van der Waals surface area (Å²) in [5, 5.41) is 10.9. The van der Waals surface area contributed by atoms with E-state index in [1.54, 1.807) is 6.48 Å². The zero-order valence-corrected chi connectivity index (χ0v) is 31.3. The molecule has 3 heteroatoms. The van der Waals surface area contributed by atoms with Gasteiger partial charge >= 0.3 is 290 Å². The minimum absolute atomic E-state index is 0. The van der Waals surface area contributed by atoms with Gasteiger partial charge in [0.15, 0.2) is 0 Å². The Morgan fingerprint density at radius 2 is 1.00 bits per heavy atom. The van der Waals surface area contributed by atoms with Gasteiger partial charge in [0.2, 0.25) is 0 Å². The molecule has 2 aliphatic rings. The SMILES string of the molecule is C1=C[CH]([Zr+2](=[C](c2cccc3ccccc23)c2cccc3ccccc23)[c]2cccc3c2c2c(c4ccccc43)-c3ccccc3C2)C=C1.[Cl-].[Cl-]. The van der Waals surface area contributed by atoms with Crippen LogP contribution in [-0.4, -0.2) is 3.21 Å². The van der Waals surface area contributed by atoms with E-state index in [0.29, 0.717) is 3.63 Å². The van der Waals surface area contributed by atoms with Crippen LogP contribution in [0.2, 0.25) is 3.63 Å². The van der Waals surface area contributed by atoms with Crippen LogP contribution >= 0.6 is 0 Å². The fraction of sp³-hybridized carbons (Fsp3) is 0.0426. The van der Waals surface area contributed by atoms with E-state index in [4.69, 9.17) is 0 Å². The second-order valence-corrected chi connectivity index (χ2v) is 19.3. The molecular weight excluding hydrogens is 727 g/mol. The first-order chi connectivity index (χ1) is 23.8. The summed E-state index contributed by atoms with van der Waals surface area (Å²) in [7, 11) is 0. The van der Waals surface area contributed by atoms with Crippen LogP contribution in [0.15, 0.2) is 176 Å². The molecule has 50 heavy (non-hydrogen) atoms. The van der Waals surface area contributed by atoms with Crippen LogP contribution in [0.25, 0.3) is 54.2 Å². The largest absolute Gasteiger partial charge is 1.00 e. The van der Waals surface area contributed by atoms with Crippen molar-refractivity contribution in [1.29, 1.82) is 0 Å². The van der Waals surface area contributed by atoms with E-state index in [0.717, 1.165) is 6.42 Å². The average molecular weight is 759 g/mol. The molecule has 0 aromatic heterocycles. The Labute approximate surface area is 312 Å². The van der Waals surface area contributed by atoms with Crippen molar-refractivity contribution in [1.82, 2.24) is 0 Å². The molecule has 0 bridgehead atoms. The van der Waals surface area contributed by atoms with E-state index < -0.39 is 21.3 Å². The molecule has 8 aromatic rings. The van der Waals surface area contributed by atoms with Crippen LogP contribution in [-0.2, 0) is 27.7 Å². The minimum atomic E-state index is -2.93. The van der Waals surface area contributed by atoms with Crippen molar-refractivity contribution in [3.05, 3.63) is 198 Å². The van der Waals surface area contributed by atoms with Gasteiger partial charge in [-0.1, -0.05) is 0 Å². The Morgan fingerprint density at radius 1 is 0.480 bits per heavy atom. The van der Waals surface area contributed by atoms with E-state index in [1.807, 2.05) is 0 Å². The zero-order chi connectivity index (χ0) is 31.6. The van der Waals surface area contributed by atoms with Crippen molar-refractivity contribution < 1.29 is 46.1 Å². The molecule has 10 rings (SSSR count). The van der Waals surface area contributed by atoms with Crippen LogP contribution in [0, 0.1) is 0 Å². The minimum Gasteiger partial charge on any atom is -1.00 e. The third-order valence-corrected chi connectivity index (χ3v) is 18.3. The molecule has 238 valence electrons. The van der Waals surface area contributed by atoms with Gasteiger partial charge in [0.25, 0.3) is 0 Å². The molecule has 0 unspecified atom stereocenters. The van der Waals surface area contributed by atoms with Gasteiger partial charge in [0, 0.05) is 0 Å². The number of hydrogen-bond acceptors (Lipinski definition) is 0. The van der Waals surface area contributed by atoms with Gasteiger partial charge in [0.05, 0.1) is 0 Å². The van der Waals surface area contributed by atoms with Crippen LogP contribution in [0.3, 0.4) is 0 Å². The maximum absolute atomic E-state index is 2.93. The molecular formula is C47H32Cl2Zr. The predicted octanol–water partition coefficient (Wildman–Crippen LogP) is 5.31. The molecule has 8 aromatic carbocycles. The number of benzene rings is 8. The van der Waals surface area contributed by atoms with Crippen molar-refractivity contribution in [3.63, 3.8) is 0 Å². The fourth-order valence-corrected chi connectivity index (χ4v) is 17.0. The fourth-order valence-electron chi connectivity index (χ4n) is 8.57. The normalized spacial score (nSPS) is 12.8. The smallest absolute Gasteiger partial charge is 1.00 e. The van der Waals surface area contributed by atoms with Gasteiger partial charge in [-0.2, -0.15) is 0 Å². The first kappa shape index (κ1) is 32.8. The van der Waals surface area contributed by atoms with Gasteiger partial charge in [0.1, 0.15) is 0 Å². The van der Waals surface area contributed by atoms with Crippen molar-refractivity contribution in [2.75, 3.05) is 0 Å². The van der Waals surface area contributed by atoms with E-state index in [2.05, 4.69) is 176 Å². The first-order valence-corrected chi connectivity index (χ1v) is 20.8. The molecule has 0 saturated carbocycles. The monoisotopic (exact) mass is 756 g/mol. The Bertz CT molecular complexity index is 2610. The van der Waals surface area contributed by atoms with Crippen LogP contribution in [0.5, 0.6) is 0 Å². The first-order valence-electron chi connectivity index (χ1n) is 17.0. The van der Waals surface area contributed by atoms with Gasteiger partial charge in [-0.3, -0.25) is 0 Å². The van der Waals surface area contributed by atoms with Gasteiger partial charge in [-0.15, -0.1) is 0 Å². The summed E-state index contributed by atoms with van der Waals surface area (Å²) in [6.45, 7) is 0. The van der Waals surface area contributed by atoms with Crippen molar-refractivity contribution >= 4 is 49.6 Å². The van der Waals surface area contributed by atoms with E-state index in [-0.39, 0.29) is 24.8 Å². The van der Waals surface area contributed by atoms with Crippen molar-refractivity contribution in [2.45, 2.75) is 10.0 Å². The Balaban J connectivity index is 0.00000180. The summed E-state index contributed by atoms with van der Waals surface area (Å²) in [4.78, 5) is 0. The van der Waals surface area contributed by atoms with Crippen LogP contribution in [0.1, 0.15) is 22.3 Å². The van der Waals surface area contributed by atoms with Crippen LogP contribution < -0.4 is 28.1 Å². The molecule has 0 heterocycles. The quantitative estimate of drug-likeness (QED) is 0.214. The third-order valence-electron chi connectivity index (χ3n) is 10.6. The van der Waals surface area contributed by atoms with Crippen molar-refractivity contribution in [2.24, 2.45) is 0 Å². The number of halogens is 2. The molecule has 0 nitrogen and oxygen atoms in total. The summed E-state index contributed by atoms with van der Waals surface area (Å²) < 4.78 is 3.58. The van der Waals surface area contributed by atoms with Gasteiger partial charge in [-0.05, 0) is 0 Å². The van der Waals surface area contributed by atoms with E-state index in [1.165, 1.54) is 76.5 Å². The average Bonchev–Trinajstić information content (AvgIpc) is 3.82. The summed E-state index contributed by atoms with van der Waals surface area (Å²) in [6.07, 6.45) is 10.6. The predicted molar refractivity (Wildman–Crippen MR) is 202 cm³/mol. The molecule has 0 fully saturated rings. The molecule has 0 saturated heterocycles. The number of allylic oxidation sites excluding steroid dienone is 4. The Morgan fingerprint density at radius 3 is 1.68 bits per heavy atom. The van der Waals surface area contributed by atoms with E-state index >= 15 is 0 Å².